The normalized spacial score (nSPS) is 13.0. The third-order valence-corrected chi connectivity index (χ3v) is 1.56. The van der Waals surface area contributed by atoms with Gasteiger partial charge in [-0.3, -0.25) is 10.1 Å². The summed E-state index contributed by atoms with van der Waals surface area (Å²) in [5, 5.41) is 18.5. The van der Waals surface area contributed by atoms with Crippen molar-refractivity contribution in [2.45, 2.75) is 19.8 Å². The number of nitrogens with zero attached hydrogens (tertiary/aromatic N) is 1. The van der Waals surface area contributed by atoms with Crippen LogP contribution < -0.4 is 0 Å². The molecule has 0 amide bonds. The van der Waals surface area contributed by atoms with E-state index in [0.29, 0.717) is 6.42 Å². The van der Waals surface area contributed by atoms with Crippen LogP contribution in [0.5, 0.6) is 0 Å². The van der Waals surface area contributed by atoms with Gasteiger partial charge in [-0.1, -0.05) is 13.3 Å². The average molecular weight is 147 g/mol. The number of hydrogen-bond donors (Lipinski definition) is 1. The minimum Gasteiger partial charge on any atom is -0.396 e. The van der Waals surface area contributed by atoms with Crippen LogP contribution in [0.3, 0.4) is 0 Å². The highest BCUT2D eigenvalue weighted by molar-refractivity contribution is 4.52. The second-order valence-electron chi connectivity index (χ2n) is 2.30. The lowest BCUT2D eigenvalue weighted by molar-refractivity contribution is -0.481. The van der Waals surface area contributed by atoms with E-state index in [0.717, 1.165) is 6.42 Å². The van der Waals surface area contributed by atoms with Crippen LogP contribution in [0.4, 0.5) is 0 Å². The molecule has 0 radical (unpaired) electrons. The molecule has 4 heteroatoms. The molecule has 0 aliphatic rings. The van der Waals surface area contributed by atoms with E-state index in [9.17, 15) is 10.1 Å². The summed E-state index contributed by atoms with van der Waals surface area (Å²) in [6, 6.07) is 0. The average Bonchev–Trinajstić information content (AvgIpc) is 1.90. The van der Waals surface area contributed by atoms with Gasteiger partial charge in [-0.25, -0.2) is 0 Å². The molecule has 1 atom stereocenters. The Balaban J connectivity index is 3.34. The number of hydrogen-bond acceptors (Lipinski definition) is 3. The summed E-state index contributed by atoms with van der Waals surface area (Å²) in [6.45, 7) is 1.95. The summed E-state index contributed by atoms with van der Waals surface area (Å²) in [6.07, 6.45) is 1.30. The van der Waals surface area contributed by atoms with Crippen LogP contribution in [-0.4, -0.2) is 23.2 Å². The molecule has 0 heterocycles. The van der Waals surface area contributed by atoms with Gasteiger partial charge < -0.3 is 5.11 Å². The van der Waals surface area contributed by atoms with E-state index in [2.05, 4.69) is 0 Å². The maximum atomic E-state index is 9.86. The van der Waals surface area contributed by atoms with Gasteiger partial charge in [0.05, 0.1) is 0 Å². The molecule has 0 aliphatic heterocycles. The first-order valence-corrected chi connectivity index (χ1v) is 3.43. The first-order valence-electron chi connectivity index (χ1n) is 3.43. The third kappa shape index (κ3) is 4.26. The minimum atomic E-state index is -0.349. The van der Waals surface area contributed by atoms with Crippen molar-refractivity contribution < 1.29 is 10.0 Å². The molecule has 10 heavy (non-hydrogen) atoms. The van der Waals surface area contributed by atoms with Gasteiger partial charge in [0.25, 0.3) is 0 Å². The maximum absolute atomic E-state index is 9.86. The van der Waals surface area contributed by atoms with E-state index in [-0.39, 0.29) is 24.0 Å². The van der Waals surface area contributed by atoms with Gasteiger partial charge in [0.15, 0.2) is 0 Å². The molecule has 0 saturated heterocycles. The van der Waals surface area contributed by atoms with Crippen LogP contribution in [0, 0.1) is 16.0 Å². The molecule has 0 aromatic rings. The minimum absolute atomic E-state index is 0.0287. The summed E-state index contributed by atoms with van der Waals surface area (Å²) in [5.41, 5.74) is 0. The van der Waals surface area contributed by atoms with E-state index in [1.807, 2.05) is 6.92 Å². The summed E-state index contributed by atoms with van der Waals surface area (Å²) in [7, 11) is 0. The van der Waals surface area contributed by atoms with Gasteiger partial charge in [0.1, 0.15) is 0 Å². The highest BCUT2D eigenvalue weighted by Crippen LogP contribution is 2.05. The lowest BCUT2D eigenvalue weighted by Gasteiger charge is -2.06. The van der Waals surface area contributed by atoms with Crippen molar-refractivity contribution in [3.8, 4) is 0 Å². The first-order chi connectivity index (χ1) is 4.70. The lowest BCUT2D eigenvalue weighted by Crippen LogP contribution is -2.11. The van der Waals surface area contributed by atoms with Crippen molar-refractivity contribution in [1.82, 2.24) is 0 Å². The Morgan fingerprint density at radius 2 is 2.30 bits per heavy atom. The van der Waals surface area contributed by atoms with Gasteiger partial charge in [0, 0.05) is 18.0 Å². The molecule has 0 saturated carbocycles. The predicted octanol–water partition coefficient (Wildman–Crippen LogP) is 0.672. The Morgan fingerprint density at radius 1 is 1.70 bits per heavy atom. The monoisotopic (exact) mass is 147 g/mol. The van der Waals surface area contributed by atoms with Gasteiger partial charge in [-0.2, -0.15) is 0 Å². The van der Waals surface area contributed by atoms with Crippen LogP contribution in [0.25, 0.3) is 0 Å². The molecule has 0 unspecified atom stereocenters. The fraction of sp³-hybridized carbons (Fsp3) is 1.00. The standard InChI is InChI=1S/C6H13NO3/c1-2-6(5-8)3-4-7(9)10/h6,8H,2-5H2,1H3/t6-/m0/s1. The van der Waals surface area contributed by atoms with E-state index >= 15 is 0 Å². The lowest BCUT2D eigenvalue weighted by atomic mass is 10.0. The van der Waals surface area contributed by atoms with Crippen molar-refractivity contribution in [2.24, 2.45) is 5.92 Å². The Bertz CT molecular complexity index is 101. The molecule has 0 spiro atoms. The zero-order valence-corrected chi connectivity index (χ0v) is 6.12. The van der Waals surface area contributed by atoms with Crippen LogP contribution >= 0.6 is 0 Å². The van der Waals surface area contributed by atoms with Crippen LogP contribution in [0.15, 0.2) is 0 Å². The van der Waals surface area contributed by atoms with Crippen molar-refractivity contribution in [1.29, 1.82) is 0 Å². The van der Waals surface area contributed by atoms with Crippen LogP contribution in [0.1, 0.15) is 19.8 Å². The third-order valence-electron chi connectivity index (χ3n) is 1.56. The van der Waals surface area contributed by atoms with Gasteiger partial charge in [-0.05, 0) is 5.92 Å². The van der Waals surface area contributed by atoms with Gasteiger partial charge in [-0.15, -0.1) is 0 Å². The summed E-state index contributed by atoms with van der Waals surface area (Å²) >= 11 is 0. The number of aliphatic hydroxyl groups is 1. The van der Waals surface area contributed by atoms with Crippen molar-refractivity contribution >= 4 is 0 Å². The summed E-state index contributed by atoms with van der Waals surface area (Å²) < 4.78 is 0. The van der Waals surface area contributed by atoms with Gasteiger partial charge >= 0.3 is 0 Å². The molecule has 4 nitrogen and oxygen atoms in total. The van der Waals surface area contributed by atoms with Crippen molar-refractivity contribution in [2.75, 3.05) is 13.2 Å². The molecule has 0 rings (SSSR count). The highest BCUT2D eigenvalue weighted by atomic mass is 16.6. The number of rotatable bonds is 5. The molecule has 0 aromatic heterocycles. The molecule has 1 N–H and O–H groups in total. The Morgan fingerprint density at radius 3 is 2.60 bits per heavy atom. The van der Waals surface area contributed by atoms with Crippen LogP contribution in [0.2, 0.25) is 0 Å². The maximum Gasteiger partial charge on any atom is 0.204 e. The number of aliphatic hydroxyl groups excluding tert-OH is 1. The molecular weight excluding hydrogens is 134 g/mol. The highest BCUT2D eigenvalue weighted by Gasteiger charge is 2.07. The first kappa shape index (κ1) is 9.36. The van der Waals surface area contributed by atoms with E-state index in [1.165, 1.54) is 0 Å². The van der Waals surface area contributed by atoms with E-state index in [1.54, 1.807) is 0 Å². The zero-order valence-electron chi connectivity index (χ0n) is 6.12. The Hall–Kier alpha value is -0.640. The SMILES string of the molecule is CC[C@H](CO)CC[N+](=O)[O-]. The largest absolute Gasteiger partial charge is 0.396 e. The second-order valence-corrected chi connectivity index (χ2v) is 2.30. The van der Waals surface area contributed by atoms with E-state index in [4.69, 9.17) is 5.11 Å². The molecule has 0 aromatic carbocycles. The fourth-order valence-electron chi connectivity index (χ4n) is 0.712. The van der Waals surface area contributed by atoms with Gasteiger partial charge in [0.2, 0.25) is 6.54 Å². The molecule has 0 bridgehead atoms. The molecular formula is C6H13NO3. The van der Waals surface area contributed by atoms with E-state index < -0.39 is 0 Å². The van der Waals surface area contributed by atoms with Crippen molar-refractivity contribution in [3.05, 3.63) is 10.1 Å². The Kier molecular flexibility index (Phi) is 4.84. The summed E-state index contributed by atoms with van der Waals surface area (Å²) in [4.78, 5) is 9.51. The molecule has 0 aliphatic carbocycles. The van der Waals surface area contributed by atoms with Crippen molar-refractivity contribution in [3.63, 3.8) is 0 Å². The second kappa shape index (κ2) is 5.17. The molecule has 60 valence electrons. The number of nitro groups is 1. The quantitative estimate of drug-likeness (QED) is 0.459. The fourth-order valence-corrected chi connectivity index (χ4v) is 0.712. The predicted molar refractivity (Wildman–Crippen MR) is 37.3 cm³/mol. The Labute approximate surface area is 60.0 Å². The van der Waals surface area contributed by atoms with Crippen LogP contribution in [-0.2, 0) is 0 Å². The zero-order chi connectivity index (χ0) is 7.98. The molecule has 0 fully saturated rings. The topological polar surface area (TPSA) is 63.4 Å². The smallest absolute Gasteiger partial charge is 0.204 e. The summed E-state index contributed by atoms with van der Waals surface area (Å²) in [5.74, 6) is 0.102.